The SMILES string of the molecule is Cc1ccc2c(c1)OC(C)(C)C[C@H]2NC(=O)CC1CCN(C)CC1. The lowest BCUT2D eigenvalue weighted by molar-refractivity contribution is -0.123. The maximum atomic E-state index is 12.6. The molecule has 24 heavy (non-hydrogen) atoms. The first-order valence-electron chi connectivity index (χ1n) is 9.10. The number of fused-ring (bicyclic) bond motifs is 1. The Balaban J connectivity index is 1.67. The number of nitrogens with zero attached hydrogens (tertiary/aromatic N) is 1. The first-order valence-corrected chi connectivity index (χ1v) is 9.10. The van der Waals surface area contributed by atoms with Crippen molar-refractivity contribution in [3.05, 3.63) is 29.3 Å². The normalized spacial score (nSPS) is 24.1. The van der Waals surface area contributed by atoms with E-state index < -0.39 is 0 Å². The predicted octanol–water partition coefficient (Wildman–Crippen LogP) is 3.45. The second kappa shape index (κ2) is 6.75. The average Bonchev–Trinajstić information content (AvgIpc) is 2.48. The molecule has 0 aromatic heterocycles. The fourth-order valence-electron chi connectivity index (χ4n) is 3.87. The smallest absolute Gasteiger partial charge is 0.220 e. The molecule has 1 atom stereocenters. The van der Waals surface area contributed by atoms with Crippen molar-refractivity contribution < 1.29 is 9.53 Å². The Labute approximate surface area is 145 Å². The molecule has 3 rings (SSSR count). The number of nitrogens with one attached hydrogen (secondary N) is 1. The van der Waals surface area contributed by atoms with Gasteiger partial charge < -0.3 is 15.0 Å². The fourth-order valence-corrected chi connectivity index (χ4v) is 3.87. The number of hydrogen-bond donors (Lipinski definition) is 1. The van der Waals surface area contributed by atoms with E-state index in [9.17, 15) is 4.79 Å². The highest BCUT2D eigenvalue weighted by Gasteiger charge is 2.34. The third-order valence-corrected chi connectivity index (χ3v) is 5.27. The van der Waals surface area contributed by atoms with Crippen LogP contribution in [0.5, 0.6) is 5.75 Å². The van der Waals surface area contributed by atoms with Crippen LogP contribution in [0.15, 0.2) is 18.2 Å². The summed E-state index contributed by atoms with van der Waals surface area (Å²) in [5.41, 5.74) is 2.03. The quantitative estimate of drug-likeness (QED) is 0.923. The van der Waals surface area contributed by atoms with Crippen LogP contribution in [0.3, 0.4) is 0 Å². The molecule has 1 fully saturated rings. The van der Waals surface area contributed by atoms with Gasteiger partial charge in [0.1, 0.15) is 11.4 Å². The predicted molar refractivity (Wildman–Crippen MR) is 96.2 cm³/mol. The van der Waals surface area contributed by atoms with Crippen molar-refractivity contribution in [1.82, 2.24) is 10.2 Å². The van der Waals surface area contributed by atoms with Crippen molar-refractivity contribution in [2.45, 2.75) is 58.1 Å². The summed E-state index contributed by atoms with van der Waals surface area (Å²) >= 11 is 0. The first kappa shape index (κ1) is 17.3. The van der Waals surface area contributed by atoms with Crippen LogP contribution < -0.4 is 10.1 Å². The summed E-state index contributed by atoms with van der Waals surface area (Å²) in [6.07, 6.45) is 3.70. The number of rotatable bonds is 3. The number of likely N-dealkylation sites (tertiary alicyclic amines) is 1. The third kappa shape index (κ3) is 4.10. The van der Waals surface area contributed by atoms with Gasteiger partial charge in [-0.2, -0.15) is 0 Å². The van der Waals surface area contributed by atoms with Crippen LogP contribution >= 0.6 is 0 Å². The van der Waals surface area contributed by atoms with E-state index in [-0.39, 0.29) is 17.6 Å². The highest BCUT2D eigenvalue weighted by atomic mass is 16.5. The summed E-state index contributed by atoms with van der Waals surface area (Å²) < 4.78 is 6.12. The van der Waals surface area contributed by atoms with Gasteiger partial charge in [-0.05, 0) is 71.3 Å². The van der Waals surface area contributed by atoms with E-state index in [2.05, 4.69) is 56.2 Å². The molecule has 0 bridgehead atoms. The van der Waals surface area contributed by atoms with E-state index in [0.717, 1.165) is 43.7 Å². The molecule has 0 radical (unpaired) electrons. The van der Waals surface area contributed by atoms with E-state index in [1.165, 1.54) is 5.56 Å². The maximum absolute atomic E-state index is 12.6. The molecule has 1 N–H and O–H groups in total. The van der Waals surface area contributed by atoms with E-state index in [1.54, 1.807) is 0 Å². The Morgan fingerprint density at radius 3 is 2.75 bits per heavy atom. The lowest BCUT2D eigenvalue weighted by Gasteiger charge is -2.38. The molecule has 0 spiro atoms. The van der Waals surface area contributed by atoms with E-state index >= 15 is 0 Å². The van der Waals surface area contributed by atoms with Gasteiger partial charge in [-0.3, -0.25) is 4.79 Å². The van der Waals surface area contributed by atoms with Gasteiger partial charge in [-0.15, -0.1) is 0 Å². The van der Waals surface area contributed by atoms with Crippen molar-refractivity contribution in [1.29, 1.82) is 0 Å². The minimum atomic E-state index is -0.258. The average molecular weight is 330 g/mol. The van der Waals surface area contributed by atoms with E-state index in [0.29, 0.717) is 12.3 Å². The molecule has 0 aliphatic carbocycles. The minimum absolute atomic E-state index is 0.0446. The molecule has 4 heteroatoms. The lowest BCUT2D eigenvalue weighted by atomic mass is 9.88. The molecular weight excluding hydrogens is 300 g/mol. The lowest BCUT2D eigenvalue weighted by Crippen LogP contribution is -2.42. The molecule has 1 aromatic carbocycles. The van der Waals surface area contributed by atoms with Crippen LogP contribution in [0.4, 0.5) is 0 Å². The zero-order valence-electron chi connectivity index (χ0n) is 15.4. The molecule has 1 amide bonds. The number of piperidine rings is 1. The molecule has 0 unspecified atom stereocenters. The van der Waals surface area contributed by atoms with Crippen LogP contribution in [0.1, 0.15) is 56.7 Å². The van der Waals surface area contributed by atoms with Gasteiger partial charge in [0.15, 0.2) is 0 Å². The maximum Gasteiger partial charge on any atom is 0.220 e. The number of benzene rings is 1. The summed E-state index contributed by atoms with van der Waals surface area (Å²) in [5, 5.41) is 3.28. The third-order valence-electron chi connectivity index (χ3n) is 5.27. The van der Waals surface area contributed by atoms with Crippen LogP contribution in [0.25, 0.3) is 0 Å². The Morgan fingerprint density at radius 2 is 2.04 bits per heavy atom. The van der Waals surface area contributed by atoms with Gasteiger partial charge in [-0.1, -0.05) is 12.1 Å². The number of carbonyl (C=O) groups is 1. The zero-order chi connectivity index (χ0) is 17.3. The molecule has 1 aromatic rings. The van der Waals surface area contributed by atoms with Crippen molar-refractivity contribution in [2.24, 2.45) is 5.92 Å². The Hall–Kier alpha value is -1.55. The second-order valence-corrected chi connectivity index (χ2v) is 8.18. The summed E-state index contributed by atoms with van der Waals surface area (Å²) in [6.45, 7) is 8.45. The van der Waals surface area contributed by atoms with Crippen LogP contribution in [0, 0.1) is 12.8 Å². The van der Waals surface area contributed by atoms with Gasteiger partial charge in [0, 0.05) is 18.4 Å². The number of carbonyl (C=O) groups excluding carboxylic acids is 1. The Kier molecular flexibility index (Phi) is 4.86. The molecule has 4 nitrogen and oxygen atoms in total. The molecule has 2 aliphatic rings. The van der Waals surface area contributed by atoms with Gasteiger partial charge >= 0.3 is 0 Å². The zero-order valence-corrected chi connectivity index (χ0v) is 15.4. The van der Waals surface area contributed by atoms with E-state index in [1.807, 2.05) is 0 Å². The van der Waals surface area contributed by atoms with Crippen molar-refractivity contribution in [3.8, 4) is 5.75 Å². The van der Waals surface area contributed by atoms with Crippen LogP contribution in [-0.2, 0) is 4.79 Å². The summed E-state index contributed by atoms with van der Waals surface area (Å²) in [5.74, 6) is 1.61. The van der Waals surface area contributed by atoms with Crippen molar-refractivity contribution >= 4 is 5.91 Å². The monoisotopic (exact) mass is 330 g/mol. The standard InChI is InChI=1S/C20H30N2O2/c1-14-5-6-16-17(13-20(2,3)24-18(16)11-14)21-19(23)12-15-7-9-22(4)10-8-15/h5-6,11,15,17H,7-10,12-13H2,1-4H3,(H,21,23)/t17-/m1/s1. The van der Waals surface area contributed by atoms with Gasteiger partial charge in [-0.25, -0.2) is 0 Å². The minimum Gasteiger partial charge on any atom is -0.487 e. The number of hydrogen-bond acceptors (Lipinski definition) is 3. The molecule has 1 saturated heterocycles. The van der Waals surface area contributed by atoms with Gasteiger partial charge in [0.25, 0.3) is 0 Å². The van der Waals surface area contributed by atoms with Crippen molar-refractivity contribution in [3.63, 3.8) is 0 Å². The largest absolute Gasteiger partial charge is 0.487 e. The topological polar surface area (TPSA) is 41.6 Å². The first-order chi connectivity index (χ1) is 11.3. The molecule has 132 valence electrons. The highest BCUT2D eigenvalue weighted by molar-refractivity contribution is 5.77. The van der Waals surface area contributed by atoms with E-state index in [4.69, 9.17) is 4.74 Å². The molecule has 0 saturated carbocycles. The molecular formula is C20H30N2O2. The van der Waals surface area contributed by atoms with Crippen LogP contribution in [-0.4, -0.2) is 36.5 Å². The number of ether oxygens (including phenoxy) is 1. The van der Waals surface area contributed by atoms with Gasteiger partial charge in [0.2, 0.25) is 5.91 Å². The second-order valence-electron chi connectivity index (χ2n) is 8.18. The summed E-state index contributed by atoms with van der Waals surface area (Å²) in [4.78, 5) is 14.9. The molecule has 2 heterocycles. The Morgan fingerprint density at radius 1 is 1.33 bits per heavy atom. The van der Waals surface area contributed by atoms with Crippen LogP contribution in [0.2, 0.25) is 0 Å². The number of aryl methyl sites for hydroxylation is 1. The highest BCUT2D eigenvalue weighted by Crippen LogP contribution is 2.40. The van der Waals surface area contributed by atoms with Crippen molar-refractivity contribution in [2.75, 3.05) is 20.1 Å². The van der Waals surface area contributed by atoms with Gasteiger partial charge in [0.05, 0.1) is 6.04 Å². The number of amides is 1. The molecule has 2 aliphatic heterocycles. The summed E-state index contributed by atoms with van der Waals surface area (Å²) in [6, 6.07) is 6.31. The fraction of sp³-hybridized carbons (Fsp3) is 0.650. The Bertz CT molecular complexity index is 604. The summed E-state index contributed by atoms with van der Waals surface area (Å²) in [7, 11) is 2.15.